The monoisotopic (exact) mass is 319 g/mol. The zero-order chi connectivity index (χ0) is 11.7. The van der Waals surface area contributed by atoms with Crippen molar-refractivity contribution in [2.75, 3.05) is 18.8 Å². The van der Waals surface area contributed by atoms with Gasteiger partial charge in [-0.15, -0.1) is 11.3 Å². The van der Waals surface area contributed by atoms with Crippen LogP contribution in [-0.4, -0.2) is 34.9 Å². The Morgan fingerprint density at radius 3 is 2.94 bits per heavy atom. The smallest absolute Gasteiger partial charge is 0.264 e. The molecule has 2 nitrogen and oxygen atoms in total. The topological polar surface area (TPSA) is 20.3 Å². The summed E-state index contributed by atoms with van der Waals surface area (Å²) in [7, 11) is 0. The number of aryl methyl sites for hydroxylation is 1. The van der Waals surface area contributed by atoms with Crippen molar-refractivity contribution in [3.63, 3.8) is 0 Å². The lowest BCUT2D eigenvalue weighted by Crippen LogP contribution is -2.40. The number of amides is 1. The third kappa shape index (κ3) is 2.63. The molecular weight excluding hydrogens is 306 g/mol. The van der Waals surface area contributed by atoms with Crippen LogP contribution in [-0.2, 0) is 0 Å². The lowest BCUT2D eigenvalue weighted by molar-refractivity contribution is 0.0768. The SMILES string of the molecule is Cc1cc(C(=O)N2CCSC(C)C2)sc1Br. The van der Waals surface area contributed by atoms with Gasteiger partial charge < -0.3 is 4.90 Å². The Bertz CT molecular complexity index is 385. The average Bonchev–Trinajstić information content (AvgIpc) is 2.58. The van der Waals surface area contributed by atoms with Crippen LogP contribution in [0.5, 0.6) is 0 Å². The van der Waals surface area contributed by atoms with Gasteiger partial charge in [-0.25, -0.2) is 0 Å². The van der Waals surface area contributed by atoms with Crippen LogP contribution in [0.15, 0.2) is 9.85 Å². The lowest BCUT2D eigenvalue weighted by Gasteiger charge is -2.30. The van der Waals surface area contributed by atoms with E-state index in [1.54, 1.807) is 0 Å². The molecular formula is C11H14BrNOS2. The summed E-state index contributed by atoms with van der Waals surface area (Å²) in [4.78, 5) is 15.0. The summed E-state index contributed by atoms with van der Waals surface area (Å²) < 4.78 is 1.07. The lowest BCUT2D eigenvalue weighted by atomic mass is 10.3. The van der Waals surface area contributed by atoms with E-state index in [2.05, 4.69) is 22.9 Å². The number of hydrogen-bond donors (Lipinski definition) is 0. The van der Waals surface area contributed by atoms with E-state index in [1.165, 1.54) is 11.3 Å². The van der Waals surface area contributed by atoms with E-state index >= 15 is 0 Å². The average molecular weight is 320 g/mol. The van der Waals surface area contributed by atoms with Crippen molar-refractivity contribution >= 4 is 44.9 Å². The van der Waals surface area contributed by atoms with Gasteiger partial charge in [0.15, 0.2) is 0 Å². The molecule has 1 saturated heterocycles. The zero-order valence-electron chi connectivity index (χ0n) is 9.33. The summed E-state index contributed by atoms with van der Waals surface area (Å²) in [5.41, 5.74) is 1.15. The molecule has 0 bridgehead atoms. The minimum absolute atomic E-state index is 0.186. The van der Waals surface area contributed by atoms with Crippen molar-refractivity contribution in [2.24, 2.45) is 0 Å². The number of halogens is 1. The van der Waals surface area contributed by atoms with Crippen LogP contribution in [0.4, 0.5) is 0 Å². The summed E-state index contributed by atoms with van der Waals surface area (Å²) >= 11 is 6.94. The van der Waals surface area contributed by atoms with Crippen molar-refractivity contribution in [3.05, 3.63) is 20.3 Å². The minimum atomic E-state index is 0.186. The van der Waals surface area contributed by atoms with Gasteiger partial charge in [-0.05, 0) is 34.5 Å². The molecule has 0 radical (unpaired) electrons. The molecule has 1 atom stereocenters. The molecule has 2 heterocycles. The molecule has 0 aliphatic carbocycles. The van der Waals surface area contributed by atoms with Gasteiger partial charge in [-0.2, -0.15) is 11.8 Å². The Balaban J connectivity index is 2.12. The largest absolute Gasteiger partial charge is 0.336 e. The van der Waals surface area contributed by atoms with Crippen molar-refractivity contribution in [1.29, 1.82) is 0 Å². The Morgan fingerprint density at radius 2 is 2.38 bits per heavy atom. The van der Waals surface area contributed by atoms with E-state index in [0.717, 1.165) is 33.1 Å². The predicted molar refractivity (Wildman–Crippen MR) is 74.6 cm³/mol. The van der Waals surface area contributed by atoms with Gasteiger partial charge in [0.25, 0.3) is 5.91 Å². The first kappa shape index (κ1) is 12.5. The van der Waals surface area contributed by atoms with E-state index in [0.29, 0.717) is 5.25 Å². The minimum Gasteiger partial charge on any atom is -0.336 e. The summed E-state index contributed by atoms with van der Waals surface area (Å²) in [6.45, 7) is 5.95. The number of thioether (sulfide) groups is 1. The summed E-state index contributed by atoms with van der Waals surface area (Å²) in [6, 6.07) is 1.98. The molecule has 0 spiro atoms. The molecule has 0 saturated carbocycles. The Labute approximate surface area is 113 Å². The summed E-state index contributed by atoms with van der Waals surface area (Å²) in [6.07, 6.45) is 0. The number of hydrogen-bond acceptors (Lipinski definition) is 3. The van der Waals surface area contributed by atoms with Gasteiger partial charge in [0.05, 0.1) is 8.66 Å². The maximum atomic E-state index is 12.2. The van der Waals surface area contributed by atoms with Crippen molar-refractivity contribution in [2.45, 2.75) is 19.1 Å². The molecule has 1 fully saturated rings. The van der Waals surface area contributed by atoms with Crippen LogP contribution in [0.2, 0.25) is 0 Å². The molecule has 1 aromatic heterocycles. The van der Waals surface area contributed by atoms with Crippen LogP contribution < -0.4 is 0 Å². The van der Waals surface area contributed by atoms with Gasteiger partial charge in [-0.3, -0.25) is 4.79 Å². The van der Waals surface area contributed by atoms with Gasteiger partial charge in [0, 0.05) is 24.1 Å². The summed E-state index contributed by atoms with van der Waals surface area (Å²) in [5, 5.41) is 0.558. The normalized spacial score (nSPS) is 21.2. The highest BCUT2D eigenvalue weighted by atomic mass is 79.9. The van der Waals surface area contributed by atoms with E-state index in [4.69, 9.17) is 0 Å². The highest BCUT2D eigenvalue weighted by Gasteiger charge is 2.23. The highest BCUT2D eigenvalue weighted by molar-refractivity contribution is 9.11. The number of nitrogens with zero attached hydrogens (tertiary/aromatic N) is 1. The third-order valence-corrected chi connectivity index (χ3v) is 5.86. The first-order valence-corrected chi connectivity index (χ1v) is 7.90. The highest BCUT2D eigenvalue weighted by Crippen LogP contribution is 2.29. The number of thiophene rings is 1. The molecule has 1 aromatic rings. The van der Waals surface area contributed by atoms with Gasteiger partial charge in [0.2, 0.25) is 0 Å². The fourth-order valence-corrected chi connectivity index (χ4v) is 4.24. The Kier molecular flexibility index (Phi) is 3.97. The molecule has 1 amide bonds. The molecule has 1 aliphatic heterocycles. The summed E-state index contributed by atoms with van der Waals surface area (Å²) in [5.74, 6) is 1.24. The first-order chi connectivity index (χ1) is 7.58. The van der Waals surface area contributed by atoms with E-state index < -0.39 is 0 Å². The van der Waals surface area contributed by atoms with Crippen LogP contribution in [0, 0.1) is 6.92 Å². The van der Waals surface area contributed by atoms with Crippen LogP contribution in [0.3, 0.4) is 0 Å². The third-order valence-electron chi connectivity index (χ3n) is 2.60. The second kappa shape index (κ2) is 5.10. The molecule has 16 heavy (non-hydrogen) atoms. The maximum absolute atomic E-state index is 12.2. The second-order valence-corrected chi connectivity index (χ2v) is 7.92. The molecule has 88 valence electrons. The zero-order valence-corrected chi connectivity index (χ0v) is 12.5. The molecule has 1 aliphatic rings. The molecule has 2 rings (SSSR count). The van der Waals surface area contributed by atoms with Gasteiger partial charge in [0.1, 0.15) is 0 Å². The Morgan fingerprint density at radius 1 is 1.62 bits per heavy atom. The molecule has 1 unspecified atom stereocenters. The van der Waals surface area contributed by atoms with E-state index in [1.807, 2.05) is 29.7 Å². The maximum Gasteiger partial charge on any atom is 0.264 e. The van der Waals surface area contributed by atoms with E-state index in [9.17, 15) is 4.79 Å². The van der Waals surface area contributed by atoms with Crippen molar-refractivity contribution < 1.29 is 4.79 Å². The predicted octanol–water partition coefficient (Wildman–Crippen LogP) is 3.40. The van der Waals surface area contributed by atoms with Gasteiger partial charge >= 0.3 is 0 Å². The molecule has 0 N–H and O–H groups in total. The number of carbonyl (C=O) groups is 1. The fourth-order valence-electron chi connectivity index (χ4n) is 1.72. The second-order valence-electron chi connectivity index (χ2n) is 4.00. The van der Waals surface area contributed by atoms with Crippen LogP contribution >= 0.6 is 39.0 Å². The quantitative estimate of drug-likeness (QED) is 0.790. The molecule has 0 aromatic carbocycles. The number of rotatable bonds is 1. The molecule has 5 heteroatoms. The number of carbonyl (C=O) groups excluding carboxylic acids is 1. The van der Waals surface area contributed by atoms with Crippen LogP contribution in [0.1, 0.15) is 22.2 Å². The van der Waals surface area contributed by atoms with Gasteiger partial charge in [-0.1, -0.05) is 6.92 Å². The van der Waals surface area contributed by atoms with Crippen LogP contribution in [0.25, 0.3) is 0 Å². The van der Waals surface area contributed by atoms with Crippen molar-refractivity contribution in [1.82, 2.24) is 4.90 Å². The van der Waals surface area contributed by atoms with Crippen molar-refractivity contribution in [3.8, 4) is 0 Å². The van der Waals surface area contributed by atoms with E-state index in [-0.39, 0.29) is 5.91 Å². The standard InChI is InChI=1S/C11H14BrNOS2/c1-7-5-9(16-10(7)12)11(14)13-3-4-15-8(2)6-13/h5,8H,3-4,6H2,1-2H3. The Hall–Kier alpha value is 0. The first-order valence-electron chi connectivity index (χ1n) is 5.24. The fraction of sp³-hybridized carbons (Fsp3) is 0.545.